The molecule has 1 N–H and O–H groups in total. The van der Waals surface area contributed by atoms with Crippen molar-refractivity contribution in [3.8, 4) is 0 Å². The summed E-state index contributed by atoms with van der Waals surface area (Å²) < 4.78 is 0. The number of hydrogen-bond acceptors (Lipinski definition) is 4. The smallest absolute Gasteiger partial charge is 0.234 e. The van der Waals surface area contributed by atoms with Crippen LogP contribution in [0.2, 0.25) is 0 Å². The Bertz CT molecular complexity index is 819. The lowest BCUT2D eigenvalue weighted by molar-refractivity contribution is -0.138. The average molecular weight is 333 g/mol. The minimum atomic E-state index is -0.405. The molecule has 2 aliphatic rings. The normalized spacial score (nSPS) is 28.8. The van der Waals surface area contributed by atoms with Crippen molar-refractivity contribution in [1.82, 2.24) is 15.2 Å². The van der Waals surface area contributed by atoms with Crippen LogP contribution in [0.15, 0.2) is 60.8 Å². The summed E-state index contributed by atoms with van der Waals surface area (Å²) in [5, 5.41) is 3.44. The zero-order valence-corrected chi connectivity index (χ0v) is 13.9. The third-order valence-corrected chi connectivity index (χ3v) is 5.04. The summed E-state index contributed by atoms with van der Waals surface area (Å²) in [6, 6.07) is 15.1. The first-order valence-corrected chi connectivity index (χ1v) is 8.38. The second-order valence-electron chi connectivity index (χ2n) is 6.48. The Morgan fingerprint density at radius 1 is 1.00 bits per heavy atom. The number of carbonyl (C=O) groups is 2. The fraction of sp³-hybridized carbons (Fsp3) is 0.250. The van der Waals surface area contributed by atoms with Gasteiger partial charge < -0.3 is 5.32 Å². The topological polar surface area (TPSA) is 62.3 Å². The van der Waals surface area contributed by atoms with Gasteiger partial charge in [-0.3, -0.25) is 19.5 Å². The maximum Gasteiger partial charge on any atom is 0.234 e. The van der Waals surface area contributed by atoms with Gasteiger partial charge in [0.05, 0.1) is 23.6 Å². The molecule has 1 aromatic heterocycles. The molecule has 5 heteroatoms. The number of carbonyl (C=O) groups excluding carboxylic acids is 2. The Morgan fingerprint density at radius 3 is 2.44 bits per heavy atom. The third-order valence-electron chi connectivity index (χ3n) is 5.04. The summed E-state index contributed by atoms with van der Waals surface area (Å²) in [6.07, 6.45) is 5.69. The summed E-state index contributed by atoms with van der Waals surface area (Å²) in [7, 11) is 1.57. The molecule has 5 nitrogen and oxygen atoms in total. The van der Waals surface area contributed by atoms with E-state index >= 15 is 0 Å². The Morgan fingerprint density at radius 2 is 1.72 bits per heavy atom. The van der Waals surface area contributed by atoms with Gasteiger partial charge in [0.1, 0.15) is 0 Å². The zero-order valence-electron chi connectivity index (χ0n) is 13.9. The fourth-order valence-corrected chi connectivity index (χ4v) is 3.79. The van der Waals surface area contributed by atoms with E-state index in [1.807, 2.05) is 60.7 Å². The first-order chi connectivity index (χ1) is 12.2. The molecule has 0 saturated carbocycles. The van der Waals surface area contributed by atoms with Crippen LogP contribution in [0, 0.1) is 11.8 Å². The zero-order chi connectivity index (χ0) is 17.4. The van der Waals surface area contributed by atoms with E-state index in [4.69, 9.17) is 0 Å². The highest BCUT2D eigenvalue weighted by Gasteiger charge is 2.57. The summed E-state index contributed by atoms with van der Waals surface area (Å²) in [4.78, 5) is 30.9. The molecule has 2 amide bonds. The largest absolute Gasteiger partial charge is 0.301 e. The molecule has 1 aromatic carbocycles. The molecule has 126 valence electrons. The quantitative estimate of drug-likeness (QED) is 0.873. The number of nitrogens with one attached hydrogen (secondary N) is 1. The van der Waals surface area contributed by atoms with Crippen molar-refractivity contribution in [2.24, 2.45) is 11.8 Å². The molecule has 0 unspecified atom stereocenters. The van der Waals surface area contributed by atoms with Crippen LogP contribution in [0.4, 0.5) is 0 Å². The molecule has 2 fully saturated rings. The molecule has 3 heterocycles. The van der Waals surface area contributed by atoms with Gasteiger partial charge in [-0.25, -0.2) is 0 Å². The average Bonchev–Trinajstić information content (AvgIpc) is 3.14. The molecule has 0 aliphatic carbocycles. The lowest BCUT2D eigenvalue weighted by Crippen LogP contribution is -2.36. The first-order valence-electron chi connectivity index (χ1n) is 8.38. The van der Waals surface area contributed by atoms with Gasteiger partial charge in [0.2, 0.25) is 11.8 Å². The highest BCUT2D eigenvalue weighted by molar-refractivity contribution is 6.06. The van der Waals surface area contributed by atoms with E-state index in [-0.39, 0.29) is 29.8 Å². The van der Waals surface area contributed by atoms with Crippen LogP contribution in [0.1, 0.15) is 17.3 Å². The Kier molecular flexibility index (Phi) is 3.93. The van der Waals surface area contributed by atoms with E-state index < -0.39 is 5.92 Å². The van der Waals surface area contributed by atoms with Gasteiger partial charge in [-0.05, 0) is 17.7 Å². The maximum absolute atomic E-state index is 12.6. The highest BCUT2D eigenvalue weighted by Crippen LogP contribution is 2.43. The van der Waals surface area contributed by atoms with E-state index in [0.29, 0.717) is 0 Å². The van der Waals surface area contributed by atoms with Gasteiger partial charge in [-0.1, -0.05) is 48.6 Å². The predicted molar refractivity (Wildman–Crippen MR) is 94.1 cm³/mol. The second-order valence-corrected chi connectivity index (χ2v) is 6.48. The molecule has 4 atom stereocenters. The van der Waals surface area contributed by atoms with Crippen molar-refractivity contribution >= 4 is 17.9 Å². The number of nitrogens with zero attached hydrogens (tertiary/aromatic N) is 2. The maximum atomic E-state index is 12.6. The van der Waals surface area contributed by atoms with E-state index in [9.17, 15) is 9.59 Å². The Balaban J connectivity index is 1.68. The molecule has 2 aliphatic heterocycles. The molecule has 2 aromatic rings. The predicted octanol–water partition coefficient (Wildman–Crippen LogP) is 2.04. The molecular formula is C20H19N3O2. The summed E-state index contributed by atoms with van der Waals surface area (Å²) >= 11 is 0. The van der Waals surface area contributed by atoms with Gasteiger partial charge in [-0.15, -0.1) is 0 Å². The van der Waals surface area contributed by atoms with Gasteiger partial charge in [-0.2, -0.15) is 0 Å². The number of fused-ring (bicyclic) bond motifs is 1. The van der Waals surface area contributed by atoms with Crippen molar-refractivity contribution in [3.63, 3.8) is 0 Å². The number of aromatic nitrogens is 1. The fourth-order valence-electron chi connectivity index (χ4n) is 3.79. The summed E-state index contributed by atoms with van der Waals surface area (Å²) in [5.74, 6) is -1.04. The standard InChI is InChI=1S/C20H19N3O2/c1-23-19(24)16-14(11-10-13-7-3-2-4-8-13)22-18(17(16)20(23)25)15-9-5-6-12-21-15/h2-12,14,16-18,22H,1H3/b11-10+/t14-,16-,17-,18+/m1/s1. The van der Waals surface area contributed by atoms with Crippen LogP contribution in [-0.4, -0.2) is 34.8 Å². The van der Waals surface area contributed by atoms with Crippen LogP contribution in [-0.2, 0) is 9.59 Å². The molecule has 2 saturated heterocycles. The van der Waals surface area contributed by atoms with Crippen molar-refractivity contribution in [2.45, 2.75) is 12.1 Å². The number of pyridine rings is 1. The van der Waals surface area contributed by atoms with Crippen LogP contribution in [0.25, 0.3) is 6.08 Å². The van der Waals surface area contributed by atoms with Crippen molar-refractivity contribution < 1.29 is 9.59 Å². The number of hydrogen-bond donors (Lipinski definition) is 1. The lowest BCUT2D eigenvalue weighted by Gasteiger charge is -2.18. The monoisotopic (exact) mass is 333 g/mol. The number of likely N-dealkylation sites (tertiary alicyclic amines) is 1. The summed E-state index contributed by atoms with van der Waals surface area (Å²) in [5.41, 5.74) is 1.86. The Labute approximate surface area is 146 Å². The SMILES string of the molecule is CN1C(=O)[C@@H]2[C@H](C1=O)[C@@H](/C=C/c1ccccc1)N[C@H]2c1ccccn1. The van der Waals surface area contributed by atoms with Crippen molar-refractivity contribution in [2.75, 3.05) is 7.05 Å². The summed E-state index contributed by atoms with van der Waals surface area (Å²) in [6.45, 7) is 0. The molecule has 0 radical (unpaired) electrons. The molecule has 0 bridgehead atoms. The molecule has 0 spiro atoms. The van der Waals surface area contributed by atoms with Crippen LogP contribution in [0.5, 0.6) is 0 Å². The van der Waals surface area contributed by atoms with Crippen LogP contribution < -0.4 is 5.32 Å². The van der Waals surface area contributed by atoms with Gasteiger partial charge in [0.15, 0.2) is 0 Å². The van der Waals surface area contributed by atoms with E-state index in [1.165, 1.54) is 4.90 Å². The number of benzene rings is 1. The third kappa shape index (κ3) is 2.66. The number of amides is 2. The minimum absolute atomic E-state index is 0.122. The molecule has 4 rings (SSSR count). The van der Waals surface area contributed by atoms with E-state index in [2.05, 4.69) is 10.3 Å². The number of rotatable bonds is 3. The van der Waals surface area contributed by atoms with Crippen LogP contribution >= 0.6 is 0 Å². The minimum Gasteiger partial charge on any atom is -0.301 e. The second kappa shape index (κ2) is 6.26. The molecule has 25 heavy (non-hydrogen) atoms. The lowest BCUT2D eigenvalue weighted by atomic mass is 9.87. The van der Waals surface area contributed by atoms with Crippen molar-refractivity contribution in [3.05, 3.63) is 72.1 Å². The first kappa shape index (κ1) is 15.7. The van der Waals surface area contributed by atoms with E-state index in [1.54, 1.807) is 13.2 Å². The van der Waals surface area contributed by atoms with Gasteiger partial charge in [0.25, 0.3) is 0 Å². The van der Waals surface area contributed by atoms with Crippen LogP contribution in [0.3, 0.4) is 0 Å². The Hall–Kier alpha value is -2.79. The van der Waals surface area contributed by atoms with Gasteiger partial charge in [0, 0.05) is 19.3 Å². The highest BCUT2D eigenvalue weighted by atomic mass is 16.2. The van der Waals surface area contributed by atoms with E-state index in [0.717, 1.165) is 11.3 Å². The van der Waals surface area contributed by atoms with Crippen molar-refractivity contribution in [1.29, 1.82) is 0 Å². The van der Waals surface area contributed by atoms with Gasteiger partial charge >= 0.3 is 0 Å². The molecular weight excluding hydrogens is 314 g/mol. The number of imide groups is 1.